The lowest BCUT2D eigenvalue weighted by Gasteiger charge is -2.15. The fraction of sp³-hybridized carbons (Fsp3) is 0.304. The molecule has 8 nitrogen and oxygen atoms in total. The Balaban J connectivity index is 1.51. The van der Waals surface area contributed by atoms with Crippen molar-refractivity contribution >= 4 is 29.1 Å². The number of esters is 1. The number of ether oxygens (including phenoxy) is 2. The van der Waals surface area contributed by atoms with Crippen LogP contribution in [0.15, 0.2) is 58.8 Å². The molecule has 3 aromatic rings. The van der Waals surface area contributed by atoms with E-state index in [0.717, 1.165) is 33.4 Å². The number of hydrogen-bond donors (Lipinski definition) is 1. The molecule has 0 atom stereocenters. The van der Waals surface area contributed by atoms with Crippen molar-refractivity contribution in [3.05, 3.63) is 54.1 Å². The maximum absolute atomic E-state index is 11.5. The highest BCUT2D eigenvalue weighted by molar-refractivity contribution is 7.99. The quantitative estimate of drug-likeness (QED) is 0.491. The smallest absolute Gasteiger partial charge is 0.307 e. The molecule has 9 heteroatoms. The molecule has 2 aromatic carbocycles. The number of thioether (sulfide) groups is 1. The van der Waals surface area contributed by atoms with Gasteiger partial charge in [0.05, 0.1) is 30.9 Å². The molecule has 4 rings (SSSR count). The van der Waals surface area contributed by atoms with Crippen molar-refractivity contribution in [2.45, 2.75) is 25.4 Å². The Labute approximate surface area is 191 Å². The Kier molecular flexibility index (Phi) is 7.06. The summed E-state index contributed by atoms with van der Waals surface area (Å²) >= 11 is 1.60. The highest BCUT2D eigenvalue weighted by Gasteiger charge is 2.22. The molecule has 166 valence electrons. The molecule has 0 fully saturated rings. The van der Waals surface area contributed by atoms with Crippen molar-refractivity contribution in [1.29, 1.82) is 0 Å². The summed E-state index contributed by atoms with van der Waals surface area (Å²) in [5.74, 6) is 1.93. The Morgan fingerprint density at radius 2 is 1.91 bits per heavy atom. The van der Waals surface area contributed by atoms with Gasteiger partial charge in [-0.25, -0.2) is 0 Å². The standard InChI is InChI=1S/C23H25N5O3S/c1-3-30-20-8-6-5-7-18(20)22-25-26-23-28(22)27-19(15-32-23)16-9-11-17(12-10-16)24-14-13-21(29)31-4-2/h5-12,24H,3-4,13-15H2,1-2H3. The van der Waals surface area contributed by atoms with Crippen molar-refractivity contribution in [3.63, 3.8) is 0 Å². The van der Waals surface area contributed by atoms with Crippen LogP contribution in [0.3, 0.4) is 0 Å². The van der Waals surface area contributed by atoms with E-state index in [4.69, 9.17) is 14.6 Å². The van der Waals surface area contributed by atoms with E-state index in [0.29, 0.717) is 37.8 Å². The second-order valence-electron chi connectivity index (χ2n) is 6.94. The van der Waals surface area contributed by atoms with Crippen LogP contribution in [0.2, 0.25) is 0 Å². The molecular formula is C23H25N5O3S. The summed E-state index contributed by atoms with van der Waals surface area (Å²) in [4.78, 5) is 11.5. The molecular weight excluding hydrogens is 426 g/mol. The van der Waals surface area contributed by atoms with Crippen LogP contribution < -0.4 is 10.1 Å². The first-order chi connectivity index (χ1) is 15.7. The van der Waals surface area contributed by atoms with Crippen molar-refractivity contribution in [2.75, 3.05) is 30.8 Å². The van der Waals surface area contributed by atoms with Crippen molar-refractivity contribution in [3.8, 4) is 17.1 Å². The number of aromatic nitrogens is 3. The number of carbonyl (C=O) groups excluding carboxylic acids is 1. The Bertz CT molecular complexity index is 1110. The molecule has 0 bridgehead atoms. The molecule has 0 radical (unpaired) electrons. The first kappa shape index (κ1) is 21.9. The van der Waals surface area contributed by atoms with Gasteiger partial charge in [0.2, 0.25) is 5.16 Å². The minimum Gasteiger partial charge on any atom is -0.493 e. The van der Waals surface area contributed by atoms with E-state index in [1.165, 1.54) is 0 Å². The van der Waals surface area contributed by atoms with Crippen LogP contribution >= 0.6 is 11.8 Å². The van der Waals surface area contributed by atoms with Crippen LogP contribution in [0.4, 0.5) is 5.69 Å². The van der Waals surface area contributed by atoms with Gasteiger partial charge in [-0.15, -0.1) is 10.2 Å². The number of carbonyl (C=O) groups is 1. The van der Waals surface area contributed by atoms with E-state index in [2.05, 4.69) is 15.5 Å². The molecule has 1 aliphatic heterocycles. The van der Waals surface area contributed by atoms with Gasteiger partial charge in [-0.2, -0.15) is 9.78 Å². The lowest BCUT2D eigenvalue weighted by Crippen LogP contribution is -2.14. The molecule has 32 heavy (non-hydrogen) atoms. The zero-order chi connectivity index (χ0) is 22.3. The molecule has 1 aromatic heterocycles. The predicted molar refractivity (Wildman–Crippen MR) is 125 cm³/mol. The summed E-state index contributed by atoms with van der Waals surface area (Å²) in [6.07, 6.45) is 0.335. The van der Waals surface area contributed by atoms with Crippen LogP contribution in [0.25, 0.3) is 11.4 Å². The second-order valence-corrected chi connectivity index (χ2v) is 7.88. The topological polar surface area (TPSA) is 90.6 Å². The number of nitrogens with one attached hydrogen (secondary N) is 1. The highest BCUT2D eigenvalue weighted by atomic mass is 32.2. The van der Waals surface area contributed by atoms with Gasteiger partial charge >= 0.3 is 5.97 Å². The zero-order valence-corrected chi connectivity index (χ0v) is 18.9. The molecule has 1 aliphatic rings. The molecule has 1 N–H and O–H groups in total. The number of nitrogens with zero attached hydrogens (tertiary/aromatic N) is 4. The summed E-state index contributed by atoms with van der Waals surface area (Å²) in [5, 5.41) is 17.5. The van der Waals surface area contributed by atoms with Crippen molar-refractivity contribution < 1.29 is 14.3 Å². The van der Waals surface area contributed by atoms with Gasteiger partial charge in [0.25, 0.3) is 0 Å². The van der Waals surface area contributed by atoms with Crippen LogP contribution in [0, 0.1) is 0 Å². The van der Waals surface area contributed by atoms with E-state index in [1.54, 1.807) is 23.4 Å². The summed E-state index contributed by atoms with van der Waals surface area (Å²) in [7, 11) is 0. The van der Waals surface area contributed by atoms with Gasteiger partial charge in [-0.05, 0) is 43.7 Å². The van der Waals surface area contributed by atoms with E-state index >= 15 is 0 Å². The largest absolute Gasteiger partial charge is 0.493 e. The number of hydrogen-bond acceptors (Lipinski definition) is 8. The van der Waals surface area contributed by atoms with E-state index in [-0.39, 0.29) is 5.97 Å². The number of para-hydroxylation sites is 1. The second kappa shape index (κ2) is 10.3. The van der Waals surface area contributed by atoms with Crippen molar-refractivity contribution in [2.24, 2.45) is 5.10 Å². The van der Waals surface area contributed by atoms with Crippen LogP contribution in [-0.2, 0) is 9.53 Å². The van der Waals surface area contributed by atoms with Gasteiger partial charge in [0.15, 0.2) is 5.82 Å². The Hall–Kier alpha value is -3.33. The normalized spacial score (nSPS) is 12.6. The molecule has 0 saturated heterocycles. The lowest BCUT2D eigenvalue weighted by atomic mass is 10.1. The Morgan fingerprint density at radius 1 is 1.09 bits per heavy atom. The predicted octanol–water partition coefficient (Wildman–Crippen LogP) is 4.07. The highest BCUT2D eigenvalue weighted by Crippen LogP contribution is 2.33. The number of benzene rings is 2. The molecule has 2 heterocycles. The van der Waals surface area contributed by atoms with Gasteiger partial charge in [-0.3, -0.25) is 4.79 Å². The van der Waals surface area contributed by atoms with E-state index in [9.17, 15) is 4.79 Å². The lowest BCUT2D eigenvalue weighted by molar-refractivity contribution is -0.142. The third-order valence-corrected chi connectivity index (χ3v) is 5.71. The van der Waals surface area contributed by atoms with Gasteiger partial charge < -0.3 is 14.8 Å². The van der Waals surface area contributed by atoms with Crippen molar-refractivity contribution in [1.82, 2.24) is 14.9 Å². The van der Waals surface area contributed by atoms with Gasteiger partial charge in [0.1, 0.15) is 5.75 Å². The summed E-state index contributed by atoms with van der Waals surface area (Å²) in [6, 6.07) is 15.8. The molecule has 0 unspecified atom stereocenters. The van der Waals surface area contributed by atoms with Crippen LogP contribution in [-0.4, -0.2) is 52.1 Å². The van der Waals surface area contributed by atoms with Crippen LogP contribution in [0.5, 0.6) is 5.75 Å². The molecule has 0 saturated carbocycles. The SMILES string of the molecule is CCOC(=O)CCNc1ccc(C2=Nn3c(nnc3-c3ccccc3OCC)SC2)cc1. The number of anilines is 1. The number of fused-ring (bicyclic) bond motifs is 1. The fourth-order valence-electron chi connectivity index (χ4n) is 3.29. The van der Waals surface area contributed by atoms with Gasteiger partial charge in [0, 0.05) is 18.0 Å². The molecule has 0 spiro atoms. The van der Waals surface area contributed by atoms with Crippen LogP contribution in [0.1, 0.15) is 25.8 Å². The first-order valence-electron chi connectivity index (χ1n) is 10.6. The third-order valence-electron chi connectivity index (χ3n) is 4.78. The van der Waals surface area contributed by atoms with E-state index < -0.39 is 0 Å². The maximum atomic E-state index is 11.5. The Morgan fingerprint density at radius 3 is 2.69 bits per heavy atom. The first-order valence-corrected chi connectivity index (χ1v) is 11.6. The minimum atomic E-state index is -0.198. The maximum Gasteiger partial charge on any atom is 0.307 e. The fourth-order valence-corrected chi connectivity index (χ4v) is 4.13. The minimum absolute atomic E-state index is 0.198. The molecule has 0 aliphatic carbocycles. The summed E-state index contributed by atoms with van der Waals surface area (Å²) in [5.41, 5.74) is 3.77. The molecule has 0 amide bonds. The van der Waals surface area contributed by atoms with Gasteiger partial charge in [-0.1, -0.05) is 36.0 Å². The summed E-state index contributed by atoms with van der Waals surface area (Å²) in [6.45, 7) is 5.27. The summed E-state index contributed by atoms with van der Waals surface area (Å²) < 4.78 is 12.5. The average molecular weight is 452 g/mol. The third kappa shape index (κ3) is 4.94. The zero-order valence-electron chi connectivity index (χ0n) is 18.1. The monoisotopic (exact) mass is 451 g/mol. The average Bonchev–Trinajstić information content (AvgIpc) is 3.23. The van der Waals surface area contributed by atoms with E-state index in [1.807, 2.05) is 55.5 Å². The number of rotatable bonds is 9.